The molecule has 0 saturated carbocycles. The number of hydrogen-bond acceptors (Lipinski definition) is 8. The van der Waals surface area contributed by atoms with Crippen LogP contribution < -0.4 is 5.32 Å². The normalized spacial score (nSPS) is 17.9. The van der Waals surface area contributed by atoms with E-state index in [1.165, 1.54) is 0 Å². The van der Waals surface area contributed by atoms with Crippen LogP contribution in [0.2, 0.25) is 0 Å². The number of aliphatic hydroxyl groups excluding tert-OH is 1. The largest absolute Gasteiger partial charge is 0.395 e. The number of anilines is 2. The van der Waals surface area contributed by atoms with Gasteiger partial charge in [-0.2, -0.15) is 0 Å². The van der Waals surface area contributed by atoms with E-state index < -0.39 is 0 Å². The van der Waals surface area contributed by atoms with E-state index in [1.54, 1.807) is 11.3 Å². The maximum absolute atomic E-state index is 12.9. The van der Waals surface area contributed by atoms with Crippen molar-refractivity contribution in [3.63, 3.8) is 0 Å². The summed E-state index contributed by atoms with van der Waals surface area (Å²) in [7, 11) is 0. The number of pyridine rings is 1. The summed E-state index contributed by atoms with van der Waals surface area (Å²) in [6.45, 7) is 6.58. The summed E-state index contributed by atoms with van der Waals surface area (Å²) in [5.41, 5.74) is 2.24. The van der Waals surface area contributed by atoms with Crippen LogP contribution in [0.1, 0.15) is 24.5 Å². The van der Waals surface area contributed by atoms with Crippen LogP contribution >= 0.6 is 11.3 Å². The smallest absolute Gasteiger partial charge is 0.236 e. The van der Waals surface area contributed by atoms with Crippen molar-refractivity contribution < 1.29 is 9.90 Å². The Morgan fingerprint density at radius 2 is 1.72 bits per heavy atom. The lowest BCUT2D eigenvalue weighted by atomic mass is 9.93. The fraction of sp³-hybridized carbons (Fsp3) is 0.444. The van der Waals surface area contributed by atoms with Crippen molar-refractivity contribution in [2.24, 2.45) is 0 Å². The third-order valence-electron chi connectivity index (χ3n) is 7.08. The SMILES string of the molecule is O=C(CN1CCN(CCO)CC1)N1CCC(c2cccc(Nc3ncc(-c4ccccc4)s3)n2)CC1. The van der Waals surface area contributed by atoms with E-state index >= 15 is 0 Å². The van der Waals surface area contributed by atoms with E-state index in [0.29, 0.717) is 12.5 Å². The molecule has 36 heavy (non-hydrogen) atoms. The summed E-state index contributed by atoms with van der Waals surface area (Å²) in [5.74, 6) is 1.39. The van der Waals surface area contributed by atoms with Crippen molar-refractivity contribution in [2.75, 3.05) is 64.3 Å². The molecule has 1 amide bonds. The molecule has 4 heterocycles. The molecule has 0 aliphatic carbocycles. The Morgan fingerprint density at radius 1 is 0.972 bits per heavy atom. The van der Waals surface area contributed by atoms with Gasteiger partial charge in [-0.1, -0.05) is 47.7 Å². The number of benzene rings is 1. The molecule has 5 rings (SSSR count). The molecule has 2 fully saturated rings. The van der Waals surface area contributed by atoms with Crippen molar-refractivity contribution in [3.8, 4) is 10.4 Å². The van der Waals surface area contributed by atoms with E-state index in [4.69, 9.17) is 10.1 Å². The molecule has 0 radical (unpaired) electrons. The molecule has 2 aliphatic rings. The first-order valence-electron chi connectivity index (χ1n) is 12.8. The molecular weight excluding hydrogens is 472 g/mol. The highest BCUT2D eigenvalue weighted by Crippen LogP contribution is 2.31. The molecule has 2 aliphatic heterocycles. The Labute approximate surface area is 216 Å². The van der Waals surface area contributed by atoms with E-state index in [1.807, 2.05) is 41.4 Å². The van der Waals surface area contributed by atoms with Gasteiger partial charge in [0.25, 0.3) is 0 Å². The van der Waals surface area contributed by atoms with Gasteiger partial charge in [-0.15, -0.1) is 0 Å². The van der Waals surface area contributed by atoms with Gasteiger partial charge in [0.1, 0.15) is 5.82 Å². The van der Waals surface area contributed by atoms with Crippen LogP contribution in [0, 0.1) is 0 Å². The summed E-state index contributed by atoms with van der Waals surface area (Å²) in [6, 6.07) is 16.4. The number of carbonyl (C=O) groups excluding carboxylic acids is 1. The number of β-amino-alcohol motifs (C(OH)–C–C–N with tert-alkyl or cyclic N) is 1. The molecular formula is C27H34N6O2S. The zero-order valence-corrected chi connectivity index (χ0v) is 21.4. The second-order valence-corrected chi connectivity index (χ2v) is 10.5. The van der Waals surface area contributed by atoms with Gasteiger partial charge in [-0.05, 0) is 30.5 Å². The molecule has 8 nitrogen and oxygen atoms in total. The summed E-state index contributed by atoms with van der Waals surface area (Å²) in [4.78, 5) is 29.9. The molecule has 1 aromatic carbocycles. The molecule has 2 N–H and O–H groups in total. The minimum atomic E-state index is 0.196. The van der Waals surface area contributed by atoms with Crippen molar-refractivity contribution in [1.82, 2.24) is 24.7 Å². The highest BCUT2D eigenvalue weighted by atomic mass is 32.1. The molecule has 0 bridgehead atoms. The van der Waals surface area contributed by atoms with Gasteiger partial charge in [0, 0.05) is 63.6 Å². The van der Waals surface area contributed by atoms with Gasteiger partial charge in [0.2, 0.25) is 5.91 Å². The molecule has 190 valence electrons. The fourth-order valence-corrected chi connectivity index (χ4v) is 5.78. The molecule has 2 saturated heterocycles. The van der Waals surface area contributed by atoms with Gasteiger partial charge < -0.3 is 15.3 Å². The average Bonchev–Trinajstić information content (AvgIpc) is 3.39. The van der Waals surface area contributed by atoms with Crippen LogP contribution in [0.4, 0.5) is 10.9 Å². The van der Waals surface area contributed by atoms with Crippen LogP contribution in [-0.4, -0.2) is 94.6 Å². The Balaban J connectivity index is 1.11. The lowest BCUT2D eigenvalue weighted by Crippen LogP contribution is -2.51. The number of thiazole rings is 1. The number of aromatic nitrogens is 2. The topological polar surface area (TPSA) is 84.8 Å². The average molecular weight is 507 g/mol. The quantitative estimate of drug-likeness (QED) is 0.485. The predicted molar refractivity (Wildman–Crippen MR) is 144 cm³/mol. The van der Waals surface area contributed by atoms with Crippen LogP contribution in [0.5, 0.6) is 0 Å². The number of piperazine rings is 1. The van der Waals surface area contributed by atoms with Crippen LogP contribution in [0.15, 0.2) is 54.7 Å². The highest BCUT2D eigenvalue weighted by Gasteiger charge is 2.27. The Hall–Kier alpha value is -2.85. The van der Waals surface area contributed by atoms with Crippen LogP contribution in [0.25, 0.3) is 10.4 Å². The lowest BCUT2D eigenvalue weighted by Gasteiger charge is -2.36. The fourth-order valence-electron chi connectivity index (χ4n) is 4.95. The monoisotopic (exact) mass is 506 g/mol. The molecule has 9 heteroatoms. The summed E-state index contributed by atoms with van der Waals surface area (Å²) in [6.07, 6.45) is 3.76. The molecule has 0 unspecified atom stereocenters. The van der Waals surface area contributed by atoms with E-state index in [-0.39, 0.29) is 12.5 Å². The third kappa shape index (κ3) is 6.28. The highest BCUT2D eigenvalue weighted by molar-refractivity contribution is 7.18. The number of piperidine rings is 1. The number of carbonyl (C=O) groups is 1. The Morgan fingerprint density at radius 3 is 2.47 bits per heavy atom. The van der Waals surface area contributed by atoms with Gasteiger partial charge in [0.05, 0.1) is 18.0 Å². The number of nitrogens with one attached hydrogen (secondary N) is 1. The second-order valence-electron chi connectivity index (χ2n) is 9.46. The van der Waals surface area contributed by atoms with E-state index in [9.17, 15) is 4.79 Å². The van der Waals surface area contributed by atoms with Gasteiger partial charge in [-0.3, -0.25) is 14.6 Å². The van der Waals surface area contributed by atoms with Gasteiger partial charge in [0.15, 0.2) is 5.13 Å². The molecule has 2 aromatic heterocycles. The number of amides is 1. The minimum Gasteiger partial charge on any atom is -0.395 e. The van der Waals surface area contributed by atoms with E-state index in [0.717, 1.165) is 85.7 Å². The maximum atomic E-state index is 12.9. The van der Waals surface area contributed by atoms with Crippen molar-refractivity contribution in [2.45, 2.75) is 18.8 Å². The standard InChI is InChI=1S/C27H34N6O2S/c34-18-17-31-13-15-32(16-14-31)20-26(35)33-11-9-21(10-12-33)23-7-4-8-25(29-23)30-27-28-19-24(36-27)22-5-2-1-3-6-22/h1-8,19,21,34H,9-18,20H2,(H,28,29,30). The van der Waals surface area contributed by atoms with Crippen LogP contribution in [-0.2, 0) is 4.79 Å². The van der Waals surface area contributed by atoms with Gasteiger partial charge >= 0.3 is 0 Å². The van der Waals surface area contributed by atoms with Gasteiger partial charge in [-0.25, -0.2) is 9.97 Å². The summed E-state index contributed by atoms with van der Waals surface area (Å²) < 4.78 is 0. The molecule has 3 aromatic rings. The predicted octanol–water partition coefficient (Wildman–Crippen LogP) is 3.26. The van der Waals surface area contributed by atoms with Crippen LogP contribution in [0.3, 0.4) is 0 Å². The number of likely N-dealkylation sites (tertiary alicyclic amines) is 1. The molecule has 0 spiro atoms. The molecule has 0 atom stereocenters. The van der Waals surface area contributed by atoms with Crippen molar-refractivity contribution in [1.29, 1.82) is 0 Å². The number of hydrogen-bond donors (Lipinski definition) is 2. The summed E-state index contributed by atoms with van der Waals surface area (Å²) >= 11 is 1.62. The lowest BCUT2D eigenvalue weighted by molar-refractivity contribution is -0.134. The third-order valence-corrected chi connectivity index (χ3v) is 8.04. The first kappa shape index (κ1) is 24.8. The summed E-state index contributed by atoms with van der Waals surface area (Å²) in [5, 5.41) is 13.3. The number of rotatable bonds is 8. The number of aliphatic hydroxyl groups is 1. The zero-order valence-electron chi connectivity index (χ0n) is 20.6. The Bertz CT molecular complexity index is 1120. The maximum Gasteiger partial charge on any atom is 0.236 e. The second kappa shape index (κ2) is 11.9. The van der Waals surface area contributed by atoms with Crippen molar-refractivity contribution >= 4 is 28.2 Å². The van der Waals surface area contributed by atoms with E-state index in [2.05, 4.69) is 38.3 Å². The van der Waals surface area contributed by atoms with Crippen molar-refractivity contribution in [3.05, 3.63) is 60.4 Å². The minimum absolute atomic E-state index is 0.196. The first-order chi connectivity index (χ1) is 17.7. The Kier molecular flexibility index (Phi) is 8.22. The zero-order chi connectivity index (χ0) is 24.7. The number of nitrogens with zero attached hydrogens (tertiary/aromatic N) is 5. The first-order valence-corrected chi connectivity index (χ1v) is 13.6.